The van der Waals surface area contributed by atoms with Gasteiger partial charge in [0.15, 0.2) is 9.84 Å². The molecule has 0 spiro atoms. The highest BCUT2D eigenvalue weighted by molar-refractivity contribution is 8.26. The number of sulfone groups is 1. The zero-order chi connectivity index (χ0) is 26.0. The maximum atomic E-state index is 14.5. The second-order valence-corrected chi connectivity index (χ2v) is 12.6. The first-order chi connectivity index (χ1) is 17.1. The molecule has 2 saturated heterocycles. The van der Waals surface area contributed by atoms with Gasteiger partial charge in [0.05, 0.1) is 30.1 Å². The van der Waals surface area contributed by atoms with Gasteiger partial charge in [-0.1, -0.05) is 53.8 Å². The van der Waals surface area contributed by atoms with Crippen molar-refractivity contribution in [2.24, 2.45) is 0 Å². The number of hydrogen-bond acceptors (Lipinski definition) is 7. The number of benzene rings is 2. The molecule has 2 aromatic rings. The molecule has 1 atom stereocenters. The summed E-state index contributed by atoms with van der Waals surface area (Å²) in [6.45, 7) is -0.617. The van der Waals surface area contributed by atoms with Gasteiger partial charge in [0.1, 0.15) is 22.4 Å². The SMILES string of the molecule is COc1ccc(/C=C2\SC(=S)N(CC(=O)N(Cc3c(F)cccc3Cl)C3CCS(=O)(=O)C3)C2=O)cc1. The Labute approximate surface area is 223 Å². The van der Waals surface area contributed by atoms with Crippen LogP contribution in [-0.4, -0.2) is 65.6 Å². The van der Waals surface area contributed by atoms with E-state index in [0.29, 0.717) is 10.7 Å². The lowest BCUT2D eigenvalue weighted by Crippen LogP contribution is -2.47. The third kappa shape index (κ3) is 5.91. The molecule has 190 valence electrons. The second kappa shape index (κ2) is 10.9. The van der Waals surface area contributed by atoms with Gasteiger partial charge in [0.2, 0.25) is 5.91 Å². The van der Waals surface area contributed by atoms with Gasteiger partial charge in [-0.2, -0.15) is 0 Å². The van der Waals surface area contributed by atoms with E-state index in [1.54, 1.807) is 37.5 Å². The maximum Gasteiger partial charge on any atom is 0.266 e. The summed E-state index contributed by atoms with van der Waals surface area (Å²) in [6, 6.07) is 10.6. The number of ether oxygens (including phenoxy) is 1. The van der Waals surface area contributed by atoms with Gasteiger partial charge in [-0.25, -0.2) is 12.8 Å². The predicted octanol–water partition coefficient (Wildman–Crippen LogP) is 3.90. The van der Waals surface area contributed by atoms with E-state index in [0.717, 1.165) is 17.3 Å². The molecule has 2 heterocycles. The van der Waals surface area contributed by atoms with Gasteiger partial charge in [0, 0.05) is 16.6 Å². The van der Waals surface area contributed by atoms with Gasteiger partial charge < -0.3 is 9.64 Å². The van der Waals surface area contributed by atoms with Crippen molar-refractivity contribution in [1.29, 1.82) is 0 Å². The van der Waals surface area contributed by atoms with Crippen molar-refractivity contribution in [2.45, 2.75) is 19.0 Å². The van der Waals surface area contributed by atoms with Crippen molar-refractivity contribution >= 4 is 67.6 Å². The van der Waals surface area contributed by atoms with Gasteiger partial charge in [-0.05, 0) is 42.3 Å². The third-order valence-electron chi connectivity index (χ3n) is 5.94. The molecular weight excluding hydrogens is 547 g/mol. The topological polar surface area (TPSA) is 84.0 Å². The minimum atomic E-state index is -3.33. The van der Waals surface area contributed by atoms with Gasteiger partial charge in [-0.3, -0.25) is 14.5 Å². The minimum Gasteiger partial charge on any atom is -0.497 e. The first-order valence-electron chi connectivity index (χ1n) is 10.9. The van der Waals surface area contributed by atoms with E-state index in [4.69, 9.17) is 28.6 Å². The summed E-state index contributed by atoms with van der Waals surface area (Å²) in [5.41, 5.74) is 0.844. The molecule has 12 heteroatoms. The summed E-state index contributed by atoms with van der Waals surface area (Å²) in [7, 11) is -1.78. The molecule has 36 heavy (non-hydrogen) atoms. The number of carbonyl (C=O) groups is 2. The molecule has 2 aliphatic rings. The third-order valence-corrected chi connectivity index (χ3v) is 9.42. The number of nitrogens with zero attached hydrogens (tertiary/aromatic N) is 2. The van der Waals surface area contributed by atoms with Crippen LogP contribution in [0.1, 0.15) is 17.5 Å². The largest absolute Gasteiger partial charge is 0.497 e. The predicted molar refractivity (Wildman–Crippen MR) is 142 cm³/mol. The molecular formula is C24H22ClFN2O5S3. The summed E-state index contributed by atoms with van der Waals surface area (Å²) < 4.78 is 44.1. The molecule has 2 amide bonds. The van der Waals surface area contributed by atoms with Crippen LogP contribution in [0.2, 0.25) is 5.02 Å². The standard InChI is InChI=1S/C24H22ClFN2O5S3/c1-33-17-7-5-15(6-8-17)11-21-23(30)28(24(34)35-21)13-22(29)27(16-9-10-36(31,32)14-16)12-18-19(25)3-2-4-20(18)26/h2-8,11,16H,9-10,12-14H2,1H3/b21-11-. The lowest BCUT2D eigenvalue weighted by molar-refractivity contribution is -0.137. The van der Waals surface area contributed by atoms with E-state index in [1.165, 1.54) is 28.0 Å². The van der Waals surface area contributed by atoms with E-state index in [-0.39, 0.29) is 39.4 Å². The highest BCUT2D eigenvalue weighted by Crippen LogP contribution is 2.33. The average Bonchev–Trinajstić information content (AvgIpc) is 3.32. The Hall–Kier alpha value is -2.47. The molecule has 2 aliphatic heterocycles. The second-order valence-electron chi connectivity index (χ2n) is 8.32. The van der Waals surface area contributed by atoms with Gasteiger partial charge >= 0.3 is 0 Å². The number of thiocarbonyl (C=S) groups is 1. The molecule has 0 aliphatic carbocycles. The smallest absolute Gasteiger partial charge is 0.266 e. The van der Waals surface area contributed by atoms with Crippen molar-refractivity contribution in [3.8, 4) is 5.75 Å². The van der Waals surface area contributed by atoms with E-state index < -0.39 is 40.1 Å². The van der Waals surface area contributed by atoms with Crippen LogP contribution in [0, 0.1) is 5.82 Å². The number of halogens is 2. The van der Waals surface area contributed by atoms with Crippen molar-refractivity contribution in [1.82, 2.24) is 9.80 Å². The number of thioether (sulfide) groups is 1. The molecule has 4 rings (SSSR count). The van der Waals surface area contributed by atoms with E-state index in [9.17, 15) is 22.4 Å². The fourth-order valence-electron chi connectivity index (χ4n) is 4.01. The van der Waals surface area contributed by atoms with Crippen LogP contribution >= 0.6 is 35.6 Å². The van der Waals surface area contributed by atoms with Crippen LogP contribution < -0.4 is 4.74 Å². The Bertz CT molecular complexity index is 1330. The average molecular weight is 569 g/mol. The fourth-order valence-corrected chi connectivity index (χ4v) is 7.22. The molecule has 2 aromatic carbocycles. The first kappa shape index (κ1) is 26.6. The number of carbonyl (C=O) groups excluding carboxylic acids is 2. The van der Waals surface area contributed by atoms with Crippen molar-refractivity contribution in [3.05, 3.63) is 69.3 Å². The van der Waals surface area contributed by atoms with Crippen molar-refractivity contribution < 1.29 is 27.1 Å². The highest BCUT2D eigenvalue weighted by Gasteiger charge is 2.39. The zero-order valence-corrected chi connectivity index (χ0v) is 22.4. The Balaban J connectivity index is 1.55. The van der Waals surface area contributed by atoms with E-state index in [2.05, 4.69) is 0 Å². The number of amides is 2. The van der Waals surface area contributed by atoms with Crippen LogP contribution in [0.25, 0.3) is 6.08 Å². The van der Waals surface area contributed by atoms with Crippen molar-refractivity contribution in [2.75, 3.05) is 25.2 Å². The van der Waals surface area contributed by atoms with E-state index in [1.807, 2.05) is 0 Å². The highest BCUT2D eigenvalue weighted by atomic mass is 35.5. The lowest BCUT2D eigenvalue weighted by Gasteiger charge is -2.30. The first-order valence-corrected chi connectivity index (χ1v) is 14.3. The molecule has 1 unspecified atom stereocenters. The Morgan fingerprint density at radius 2 is 2.03 bits per heavy atom. The monoisotopic (exact) mass is 568 g/mol. The number of methoxy groups -OCH3 is 1. The molecule has 0 aromatic heterocycles. The number of rotatable bonds is 7. The van der Waals surface area contributed by atoms with Crippen LogP contribution in [0.5, 0.6) is 5.75 Å². The minimum absolute atomic E-state index is 0.0713. The quantitative estimate of drug-likeness (QED) is 0.370. The summed E-state index contributed by atoms with van der Waals surface area (Å²) in [5, 5.41) is 0.127. The van der Waals surface area contributed by atoms with Crippen LogP contribution in [0.3, 0.4) is 0 Å². The van der Waals surface area contributed by atoms with Crippen LogP contribution in [-0.2, 0) is 26.0 Å². The Morgan fingerprint density at radius 3 is 2.64 bits per heavy atom. The normalized spacial score (nSPS) is 20.2. The summed E-state index contributed by atoms with van der Waals surface area (Å²) in [5.74, 6) is -1.21. The molecule has 7 nitrogen and oxygen atoms in total. The Kier molecular flexibility index (Phi) is 8.03. The van der Waals surface area contributed by atoms with Gasteiger partial charge in [-0.15, -0.1) is 0 Å². The fraction of sp³-hybridized carbons (Fsp3) is 0.292. The zero-order valence-electron chi connectivity index (χ0n) is 19.1. The van der Waals surface area contributed by atoms with Crippen LogP contribution in [0.15, 0.2) is 47.4 Å². The van der Waals surface area contributed by atoms with Crippen molar-refractivity contribution in [3.63, 3.8) is 0 Å². The molecule has 0 saturated carbocycles. The molecule has 0 bridgehead atoms. The Morgan fingerprint density at radius 1 is 1.31 bits per heavy atom. The van der Waals surface area contributed by atoms with Gasteiger partial charge in [0.25, 0.3) is 5.91 Å². The summed E-state index contributed by atoms with van der Waals surface area (Å²) >= 11 is 12.6. The maximum absolute atomic E-state index is 14.5. The van der Waals surface area contributed by atoms with E-state index >= 15 is 0 Å². The summed E-state index contributed by atoms with van der Waals surface area (Å²) in [6.07, 6.45) is 1.89. The number of hydrogen-bond donors (Lipinski definition) is 0. The molecule has 0 N–H and O–H groups in total. The molecule has 2 fully saturated rings. The lowest BCUT2D eigenvalue weighted by atomic mass is 10.1. The summed E-state index contributed by atoms with van der Waals surface area (Å²) in [4.78, 5) is 29.3. The molecule has 0 radical (unpaired) electrons. The van der Waals surface area contributed by atoms with Crippen LogP contribution in [0.4, 0.5) is 4.39 Å².